The van der Waals surface area contributed by atoms with Gasteiger partial charge in [0, 0.05) is 12.1 Å². The number of alkyl carbamates (subject to hydrolysis) is 1. The van der Waals surface area contributed by atoms with E-state index < -0.39 is 23.8 Å². The van der Waals surface area contributed by atoms with Crippen molar-refractivity contribution in [1.29, 1.82) is 0 Å². The number of phenols is 1. The average molecular weight is 534 g/mol. The normalized spacial score (nSPS) is 18.0. The summed E-state index contributed by atoms with van der Waals surface area (Å²) < 4.78 is 5.44. The summed E-state index contributed by atoms with van der Waals surface area (Å²) >= 11 is 1.59. The summed E-state index contributed by atoms with van der Waals surface area (Å²) in [4.78, 5) is 42.3. The predicted molar refractivity (Wildman–Crippen MR) is 147 cm³/mol. The maximum atomic E-state index is 14.1. The van der Waals surface area contributed by atoms with Gasteiger partial charge in [0.05, 0.1) is 0 Å². The Labute approximate surface area is 225 Å². The summed E-state index contributed by atoms with van der Waals surface area (Å²) in [6.45, 7) is 7.12. The standard InChI is InChI=1S/C28H43N3O5S/c1-18-17-19(11-14-23(18)32)24(25(33)29-20-9-7-6-8-10-20)31(21-12-13-21)26(34)22(15-16-37-5)30-27(35)36-28(2,3)4/h11,14,17,20-22,24,32H,6-10,12-13,15-16H2,1-5H3,(H,29,33)(H,30,35). The van der Waals surface area contributed by atoms with E-state index in [1.165, 1.54) is 6.42 Å². The van der Waals surface area contributed by atoms with Gasteiger partial charge in [-0.2, -0.15) is 11.8 Å². The van der Waals surface area contributed by atoms with Gasteiger partial charge in [0.25, 0.3) is 0 Å². The van der Waals surface area contributed by atoms with Crippen molar-refractivity contribution in [3.63, 3.8) is 0 Å². The van der Waals surface area contributed by atoms with E-state index in [1.54, 1.807) is 62.6 Å². The smallest absolute Gasteiger partial charge is 0.408 e. The van der Waals surface area contributed by atoms with Crippen molar-refractivity contribution in [3.05, 3.63) is 29.3 Å². The number of carbonyl (C=O) groups excluding carboxylic acids is 3. The highest BCUT2D eigenvalue weighted by atomic mass is 32.2. The third kappa shape index (κ3) is 8.55. The first-order chi connectivity index (χ1) is 17.5. The molecule has 0 radical (unpaired) electrons. The Kier molecular flexibility index (Phi) is 10.2. The molecule has 0 bridgehead atoms. The zero-order valence-electron chi connectivity index (χ0n) is 22.8. The number of nitrogens with zero attached hydrogens (tertiary/aromatic N) is 1. The molecule has 206 valence electrons. The lowest BCUT2D eigenvalue weighted by atomic mass is 9.94. The molecule has 2 fully saturated rings. The molecule has 8 nitrogen and oxygen atoms in total. The van der Waals surface area contributed by atoms with Gasteiger partial charge >= 0.3 is 6.09 Å². The number of carbonyl (C=O) groups is 3. The van der Waals surface area contributed by atoms with Crippen molar-refractivity contribution in [2.45, 2.75) is 109 Å². The quantitative estimate of drug-likeness (QED) is 0.398. The van der Waals surface area contributed by atoms with Crippen molar-refractivity contribution in [1.82, 2.24) is 15.5 Å². The minimum Gasteiger partial charge on any atom is -0.508 e. The van der Waals surface area contributed by atoms with Crippen LogP contribution in [0.2, 0.25) is 0 Å². The van der Waals surface area contributed by atoms with Crippen LogP contribution in [0.4, 0.5) is 4.79 Å². The third-order valence-electron chi connectivity index (χ3n) is 6.81. The number of aromatic hydroxyl groups is 1. The minimum atomic E-state index is -0.849. The molecule has 2 unspecified atom stereocenters. The molecule has 9 heteroatoms. The van der Waals surface area contributed by atoms with E-state index in [0.29, 0.717) is 23.3 Å². The van der Waals surface area contributed by atoms with Crippen LogP contribution in [0.1, 0.15) is 89.3 Å². The maximum Gasteiger partial charge on any atom is 0.408 e. The van der Waals surface area contributed by atoms with Crippen LogP contribution in [0.15, 0.2) is 18.2 Å². The van der Waals surface area contributed by atoms with Crippen LogP contribution in [0.25, 0.3) is 0 Å². The second kappa shape index (κ2) is 12.9. The number of nitrogens with one attached hydrogen (secondary N) is 2. The highest BCUT2D eigenvalue weighted by Crippen LogP contribution is 2.37. The zero-order valence-corrected chi connectivity index (χ0v) is 23.7. The molecule has 0 aromatic heterocycles. The van der Waals surface area contributed by atoms with Crippen LogP contribution < -0.4 is 10.6 Å². The van der Waals surface area contributed by atoms with Gasteiger partial charge in [-0.3, -0.25) is 9.59 Å². The molecule has 2 aliphatic rings. The van der Waals surface area contributed by atoms with Gasteiger partial charge in [0.15, 0.2) is 0 Å². The van der Waals surface area contributed by atoms with Gasteiger partial charge in [-0.05, 0) is 95.1 Å². The number of thioether (sulfide) groups is 1. The zero-order chi connectivity index (χ0) is 27.2. The summed E-state index contributed by atoms with van der Waals surface area (Å²) in [5.41, 5.74) is 0.603. The molecule has 3 N–H and O–H groups in total. The van der Waals surface area contributed by atoms with E-state index in [0.717, 1.165) is 38.5 Å². The number of benzene rings is 1. The largest absolute Gasteiger partial charge is 0.508 e. The Hall–Kier alpha value is -2.42. The molecule has 0 saturated heterocycles. The lowest BCUT2D eigenvalue weighted by Gasteiger charge is -2.36. The molecule has 3 amide bonds. The van der Waals surface area contributed by atoms with Crippen LogP contribution >= 0.6 is 11.8 Å². The Balaban J connectivity index is 1.94. The van der Waals surface area contributed by atoms with Gasteiger partial charge in [-0.15, -0.1) is 0 Å². The van der Waals surface area contributed by atoms with Crippen LogP contribution in [-0.4, -0.2) is 63.6 Å². The summed E-state index contributed by atoms with van der Waals surface area (Å²) in [7, 11) is 0. The fourth-order valence-electron chi connectivity index (χ4n) is 4.81. The van der Waals surface area contributed by atoms with E-state index in [2.05, 4.69) is 10.6 Å². The topological polar surface area (TPSA) is 108 Å². The number of hydrogen-bond donors (Lipinski definition) is 3. The van der Waals surface area contributed by atoms with Crippen molar-refractivity contribution < 1.29 is 24.2 Å². The minimum absolute atomic E-state index is 0.0825. The predicted octanol–water partition coefficient (Wildman–Crippen LogP) is 4.83. The SMILES string of the molecule is CSCCC(NC(=O)OC(C)(C)C)C(=O)N(C1CC1)C(C(=O)NC1CCCCC1)c1ccc(O)c(C)c1. The van der Waals surface area contributed by atoms with E-state index >= 15 is 0 Å². The van der Waals surface area contributed by atoms with E-state index in [4.69, 9.17) is 4.74 Å². The number of phenolic OH excluding ortho intramolecular Hbond substituents is 1. The molecule has 0 spiro atoms. The molecule has 2 saturated carbocycles. The van der Waals surface area contributed by atoms with E-state index in [-0.39, 0.29) is 29.6 Å². The average Bonchev–Trinajstić information content (AvgIpc) is 3.66. The first-order valence-corrected chi connectivity index (χ1v) is 14.8. The summed E-state index contributed by atoms with van der Waals surface area (Å²) in [6.07, 6.45) is 8.53. The van der Waals surface area contributed by atoms with E-state index in [9.17, 15) is 19.5 Å². The lowest BCUT2D eigenvalue weighted by molar-refractivity contribution is -0.143. The Morgan fingerprint density at radius 3 is 2.38 bits per heavy atom. The molecule has 0 aliphatic heterocycles. The number of hydrogen-bond acceptors (Lipinski definition) is 6. The fraction of sp³-hybridized carbons (Fsp3) is 0.679. The van der Waals surface area contributed by atoms with Crippen molar-refractivity contribution in [2.75, 3.05) is 12.0 Å². The summed E-state index contributed by atoms with van der Waals surface area (Å²) in [5.74, 6) is 0.320. The van der Waals surface area contributed by atoms with Gasteiger partial charge in [0.1, 0.15) is 23.4 Å². The van der Waals surface area contributed by atoms with E-state index in [1.807, 2.05) is 6.26 Å². The molecular weight excluding hydrogens is 490 g/mol. The monoisotopic (exact) mass is 533 g/mol. The third-order valence-corrected chi connectivity index (χ3v) is 7.45. The molecule has 2 atom stereocenters. The Morgan fingerprint density at radius 1 is 1.14 bits per heavy atom. The van der Waals surface area contributed by atoms with Crippen LogP contribution in [0, 0.1) is 6.92 Å². The Bertz CT molecular complexity index is 954. The second-order valence-electron chi connectivity index (χ2n) is 11.2. The number of ether oxygens (including phenoxy) is 1. The van der Waals surface area contributed by atoms with Crippen LogP contribution in [0.3, 0.4) is 0 Å². The molecule has 3 rings (SSSR count). The van der Waals surface area contributed by atoms with Crippen molar-refractivity contribution in [2.24, 2.45) is 0 Å². The first-order valence-electron chi connectivity index (χ1n) is 13.4. The number of amides is 3. The lowest BCUT2D eigenvalue weighted by Crippen LogP contribution is -2.54. The van der Waals surface area contributed by atoms with Crippen LogP contribution in [-0.2, 0) is 14.3 Å². The number of rotatable bonds is 10. The Morgan fingerprint density at radius 2 is 1.81 bits per heavy atom. The molecular formula is C28H43N3O5S. The van der Waals surface area contributed by atoms with Gasteiger partial charge < -0.3 is 25.4 Å². The molecule has 37 heavy (non-hydrogen) atoms. The molecule has 0 heterocycles. The molecule has 1 aromatic carbocycles. The molecule has 1 aromatic rings. The fourth-order valence-corrected chi connectivity index (χ4v) is 5.28. The van der Waals surface area contributed by atoms with Crippen LogP contribution in [0.5, 0.6) is 5.75 Å². The molecule has 2 aliphatic carbocycles. The van der Waals surface area contributed by atoms with Crippen molar-refractivity contribution >= 4 is 29.7 Å². The highest BCUT2D eigenvalue weighted by Gasteiger charge is 2.44. The van der Waals surface area contributed by atoms with Gasteiger partial charge in [-0.25, -0.2) is 4.79 Å². The van der Waals surface area contributed by atoms with Gasteiger partial charge in [0.2, 0.25) is 11.8 Å². The number of aryl methyl sites for hydroxylation is 1. The van der Waals surface area contributed by atoms with Crippen molar-refractivity contribution in [3.8, 4) is 5.75 Å². The van der Waals surface area contributed by atoms with Gasteiger partial charge in [-0.1, -0.05) is 25.3 Å². The maximum absolute atomic E-state index is 14.1. The summed E-state index contributed by atoms with van der Waals surface area (Å²) in [6, 6.07) is 3.41. The summed E-state index contributed by atoms with van der Waals surface area (Å²) in [5, 5.41) is 16.1. The second-order valence-corrected chi connectivity index (χ2v) is 12.2. The highest BCUT2D eigenvalue weighted by molar-refractivity contribution is 7.98. The first kappa shape index (κ1) is 29.1.